The Morgan fingerprint density at radius 1 is 1.30 bits per heavy atom. The highest BCUT2D eigenvalue weighted by Crippen LogP contribution is 2.31. The zero-order chi connectivity index (χ0) is 14.1. The Morgan fingerprint density at radius 2 is 2.05 bits per heavy atom. The van der Waals surface area contributed by atoms with Crippen molar-refractivity contribution in [3.05, 3.63) is 22.4 Å². The van der Waals surface area contributed by atoms with Crippen LogP contribution in [0.3, 0.4) is 0 Å². The van der Waals surface area contributed by atoms with E-state index in [-0.39, 0.29) is 5.91 Å². The minimum atomic E-state index is -0.126. The second kappa shape index (κ2) is 5.44. The van der Waals surface area contributed by atoms with E-state index in [1.165, 1.54) is 31.0 Å². The van der Waals surface area contributed by atoms with Crippen LogP contribution in [0.25, 0.3) is 6.08 Å². The Labute approximate surface area is 122 Å². The third-order valence-electron chi connectivity index (χ3n) is 3.57. The maximum atomic E-state index is 12.0. The van der Waals surface area contributed by atoms with E-state index >= 15 is 0 Å². The summed E-state index contributed by atoms with van der Waals surface area (Å²) in [7, 11) is 1.88. The largest absolute Gasteiger partial charge is 0.351 e. The van der Waals surface area contributed by atoms with Gasteiger partial charge in [-0.15, -0.1) is 0 Å². The molecule has 2 aliphatic rings. The predicted octanol–water partition coefficient (Wildman–Crippen LogP) is 2.18. The van der Waals surface area contributed by atoms with Gasteiger partial charge in [0.05, 0.1) is 10.6 Å². The van der Waals surface area contributed by atoms with Crippen molar-refractivity contribution >= 4 is 28.9 Å². The molecule has 0 atom stereocenters. The molecule has 1 aromatic heterocycles. The van der Waals surface area contributed by atoms with Gasteiger partial charge in [-0.3, -0.25) is 9.48 Å². The Kier molecular flexibility index (Phi) is 3.65. The quantitative estimate of drug-likeness (QED) is 0.744. The summed E-state index contributed by atoms with van der Waals surface area (Å²) < 4.78 is 1.76. The molecule has 1 fully saturated rings. The minimum Gasteiger partial charge on any atom is -0.351 e. The van der Waals surface area contributed by atoms with Crippen molar-refractivity contribution in [3.63, 3.8) is 0 Å². The number of nitrogens with zero attached hydrogens (tertiary/aromatic N) is 4. The SMILES string of the molecule is Cc1nn(C)cc1/C=C1/SC(N2CCCCC2)=NC1=O. The highest BCUT2D eigenvalue weighted by molar-refractivity contribution is 8.18. The molecule has 3 rings (SSSR count). The summed E-state index contributed by atoms with van der Waals surface area (Å²) in [6.45, 7) is 3.97. The van der Waals surface area contributed by atoms with Gasteiger partial charge in [-0.1, -0.05) is 0 Å². The molecule has 106 valence electrons. The summed E-state index contributed by atoms with van der Waals surface area (Å²) in [6.07, 6.45) is 7.48. The molecule has 0 N–H and O–H groups in total. The lowest BCUT2D eigenvalue weighted by Gasteiger charge is -2.27. The van der Waals surface area contributed by atoms with Gasteiger partial charge in [-0.05, 0) is 44.0 Å². The van der Waals surface area contributed by atoms with Gasteiger partial charge in [0.15, 0.2) is 5.17 Å². The molecule has 0 saturated carbocycles. The monoisotopic (exact) mass is 290 g/mol. The van der Waals surface area contributed by atoms with Gasteiger partial charge in [0, 0.05) is 31.9 Å². The number of amidine groups is 1. The summed E-state index contributed by atoms with van der Waals surface area (Å²) in [4.78, 5) is 19.1. The number of hydrogen-bond acceptors (Lipinski definition) is 4. The first-order chi connectivity index (χ1) is 9.63. The van der Waals surface area contributed by atoms with Crippen LogP contribution in [-0.4, -0.2) is 38.8 Å². The summed E-state index contributed by atoms with van der Waals surface area (Å²) in [5, 5.41) is 5.15. The molecule has 2 aliphatic heterocycles. The lowest BCUT2D eigenvalue weighted by molar-refractivity contribution is -0.113. The zero-order valence-electron chi connectivity index (χ0n) is 11.8. The van der Waals surface area contributed by atoms with E-state index in [2.05, 4.69) is 15.0 Å². The summed E-state index contributed by atoms with van der Waals surface area (Å²) in [5.41, 5.74) is 1.92. The van der Waals surface area contributed by atoms with Gasteiger partial charge >= 0.3 is 0 Å². The molecule has 0 spiro atoms. The lowest BCUT2D eigenvalue weighted by atomic mass is 10.1. The number of thioether (sulfide) groups is 1. The Bertz CT molecular complexity index is 596. The first-order valence-electron chi connectivity index (χ1n) is 6.91. The molecule has 5 nitrogen and oxygen atoms in total. The smallest absolute Gasteiger partial charge is 0.286 e. The van der Waals surface area contributed by atoms with Crippen LogP contribution in [0, 0.1) is 6.92 Å². The maximum absolute atomic E-state index is 12.0. The van der Waals surface area contributed by atoms with Crippen LogP contribution in [-0.2, 0) is 11.8 Å². The first-order valence-corrected chi connectivity index (χ1v) is 7.73. The van der Waals surface area contributed by atoms with Crippen molar-refractivity contribution in [2.75, 3.05) is 13.1 Å². The number of aromatic nitrogens is 2. The number of rotatable bonds is 1. The van der Waals surface area contributed by atoms with Crippen molar-refractivity contribution in [1.29, 1.82) is 0 Å². The van der Waals surface area contributed by atoms with Gasteiger partial charge in [0.1, 0.15) is 0 Å². The third-order valence-corrected chi connectivity index (χ3v) is 4.62. The van der Waals surface area contributed by atoms with Gasteiger partial charge in [0.25, 0.3) is 5.91 Å². The maximum Gasteiger partial charge on any atom is 0.286 e. The summed E-state index contributed by atoms with van der Waals surface area (Å²) in [6, 6.07) is 0. The number of likely N-dealkylation sites (tertiary alicyclic amines) is 1. The molecular weight excluding hydrogens is 272 g/mol. The second-order valence-electron chi connectivity index (χ2n) is 5.20. The van der Waals surface area contributed by atoms with Gasteiger partial charge in [-0.2, -0.15) is 10.1 Å². The van der Waals surface area contributed by atoms with Crippen LogP contribution in [0.1, 0.15) is 30.5 Å². The lowest BCUT2D eigenvalue weighted by Crippen LogP contribution is -2.33. The van der Waals surface area contributed by atoms with Gasteiger partial charge < -0.3 is 4.90 Å². The molecule has 1 saturated heterocycles. The van der Waals surface area contributed by atoms with E-state index in [0.717, 1.165) is 29.5 Å². The van der Waals surface area contributed by atoms with Gasteiger partial charge in [0.2, 0.25) is 0 Å². The van der Waals surface area contributed by atoms with Crippen molar-refractivity contribution in [3.8, 4) is 0 Å². The zero-order valence-corrected chi connectivity index (χ0v) is 12.6. The number of piperidine rings is 1. The molecule has 20 heavy (non-hydrogen) atoms. The molecule has 0 bridgehead atoms. The van der Waals surface area contributed by atoms with Crippen molar-refractivity contribution < 1.29 is 4.79 Å². The molecular formula is C14H18N4OS. The standard InChI is InChI=1S/C14H18N4OS/c1-10-11(9-17(2)16-10)8-12-13(19)15-14(20-12)18-6-4-3-5-7-18/h8-9H,3-7H2,1-2H3/b12-8+. The molecule has 6 heteroatoms. The Hall–Kier alpha value is -1.56. The normalized spacial score (nSPS) is 21.7. The number of aliphatic imine (C=N–C) groups is 1. The Morgan fingerprint density at radius 3 is 2.70 bits per heavy atom. The Balaban J connectivity index is 1.77. The first kappa shape index (κ1) is 13.4. The van der Waals surface area contributed by atoms with Crippen molar-refractivity contribution in [1.82, 2.24) is 14.7 Å². The molecule has 1 amide bonds. The number of aryl methyl sites for hydroxylation is 2. The summed E-state index contributed by atoms with van der Waals surface area (Å²) in [5.74, 6) is -0.126. The van der Waals surface area contributed by atoms with Crippen LogP contribution >= 0.6 is 11.8 Å². The topological polar surface area (TPSA) is 50.5 Å². The highest BCUT2D eigenvalue weighted by Gasteiger charge is 2.27. The van der Waals surface area contributed by atoms with Crippen LogP contribution in [0.5, 0.6) is 0 Å². The van der Waals surface area contributed by atoms with E-state index in [0.29, 0.717) is 4.91 Å². The predicted molar refractivity (Wildman–Crippen MR) is 81.4 cm³/mol. The van der Waals surface area contributed by atoms with Gasteiger partial charge in [-0.25, -0.2) is 0 Å². The fraction of sp³-hybridized carbons (Fsp3) is 0.500. The van der Waals surface area contributed by atoms with E-state index in [9.17, 15) is 4.79 Å². The fourth-order valence-electron chi connectivity index (χ4n) is 2.52. The van der Waals surface area contributed by atoms with E-state index in [4.69, 9.17) is 0 Å². The van der Waals surface area contributed by atoms with Crippen LogP contribution < -0.4 is 0 Å². The van der Waals surface area contributed by atoms with E-state index < -0.39 is 0 Å². The van der Waals surface area contributed by atoms with Crippen LogP contribution in [0.4, 0.5) is 0 Å². The molecule has 3 heterocycles. The number of hydrogen-bond donors (Lipinski definition) is 0. The summed E-state index contributed by atoms with van der Waals surface area (Å²) >= 11 is 1.49. The van der Waals surface area contributed by atoms with E-state index in [1.807, 2.05) is 26.2 Å². The molecule has 1 aromatic rings. The number of carbonyl (C=O) groups excluding carboxylic acids is 1. The van der Waals surface area contributed by atoms with Crippen LogP contribution in [0.2, 0.25) is 0 Å². The van der Waals surface area contributed by atoms with E-state index in [1.54, 1.807) is 4.68 Å². The molecule has 0 aromatic carbocycles. The molecule has 0 radical (unpaired) electrons. The van der Waals surface area contributed by atoms with Crippen molar-refractivity contribution in [2.45, 2.75) is 26.2 Å². The third kappa shape index (κ3) is 2.65. The average Bonchev–Trinajstić information content (AvgIpc) is 2.95. The fourth-order valence-corrected chi connectivity index (χ4v) is 3.48. The highest BCUT2D eigenvalue weighted by atomic mass is 32.2. The minimum absolute atomic E-state index is 0.126. The molecule has 0 unspecified atom stereocenters. The number of carbonyl (C=O) groups is 1. The number of amides is 1. The second-order valence-corrected chi connectivity index (χ2v) is 6.21. The average molecular weight is 290 g/mol. The van der Waals surface area contributed by atoms with Crippen molar-refractivity contribution in [2.24, 2.45) is 12.0 Å². The van der Waals surface area contributed by atoms with Crippen LogP contribution in [0.15, 0.2) is 16.1 Å². The molecule has 0 aliphatic carbocycles.